The summed E-state index contributed by atoms with van der Waals surface area (Å²) in [4.78, 5) is 14.8. The fourth-order valence-electron chi connectivity index (χ4n) is 1.81. The van der Waals surface area contributed by atoms with Gasteiger partial charge in [-0.15, -0.1) is 0 Å². The highest BCUT2D eigenvalue weighted by atomic mass is 32.2. The number of carbonyl (C=O) groups is 1. The van der Waals surface area contributed by atoms with Crippen molar-refractivity contribution < 1.29 is 4.79 Å². The lowest BCUT2D eigenvalue weighted by Crippen LogP contribution is -2.41. The number of nitrogens with zero attached hydrogens (tertiary/aromatic N) is 2. The largest absolute Gasteiger partial charge is 0.304 e. The number of piperazine rings is 1. The summed E-state index contributed by atoms with van der Waals surface area (Å²) in [5, 5.41) is 0. The lowest BCUT2D eigenvalue weighted by Gasteiger charge is -2.31. The fourth-order valence-corrected chi connectivity index (χ4v) is 2.77. The minimum Gasteiger partial charge on any atom is -0.304 e. The Bertz CT molecular complexity index is 418. The second-order valence-corrected chi connectivity index (χ2v) is 5.50. The predicted molar refractivity (Wildman–Crippen MR) is 73.0 cm³/mol. The van der Waals surface area contributed by atoms with Crippen molar-refractivity contribution >= 4 is 17.9 Å². The number of nitrogens with one attached hydrogen (secondary N) is 1. The Labute approximate surface area is 111 Å². The summed E-state index contributed by atoms with van der Waals surface area (Å²) < 4.78 is 2.32. The predicted octanol–water partition coefficient (Wildman–Crippen LogP) is 0.545. The summed E-state index contributed by atoms with van der Waals surface area (Å²) >= 11 is 1.69. The Morgan fingerprint density at radius 2 is 2.06 bits per heavy atom. The number of likely N-dealkylation sites (N-methyl/N-ethyl adjacent to an activating group) is 1. The van der Waals surface area contributed by atoms with Gasteiger partial charge in [0, 0.05) is 36.6 Å². The third-order valence-corrected chi connectivity index (χ3v) is 4.01. The summed E-state index contributed by atoms with van der Waals surface area (Å²) in [5.41, 5.74) is 2.74. The first kappa shape index (κ1) is 13.4. The molecule has 2 rings (SSSR count). The van der Waals surface area contributed by atoms with E-state index in [1.807, 2.05) is 18.2 Å². The van der Waals surface area contributed by atoms with Crippen LogP contribution in [0.5, 0.6) is 0 Å². The molecule has 1 aromatic rings. The number of amides is 1. The highest BCUT2D eigenvalue weighted by molar-refractivity contribution is 7.97. The third kappa shape index (κ3) is 3.46. The van der Waals surface area contributed by atoms with Crippen LogP contribution in [0.25, 0.3) is 0 Å². The molecule has 0 bridgehead atoms. The Hall–Kier alpha value is -1.08. The van der Waals surface area contributed by atoms with Crippen molar-refractivity contribution in [2.24, 2.45) is 5.84 Å². The first-order valence-electron chi connectivity index (χ1n) is 5.91. The van der Waals surface area contributed by atoms with Crippen molar-refractivity contribution in [3.05, 3.63) is 29.8 Å². The molecule has 5 nitrogen and oxygen atoms in total. The number of hydrogen-bond acceptors (Lipinski definition) is 5. The highest BCUT2D eigenvalue weighted by Crippen LogP contribution is 2.24. The monoisotopic (exact) mass is 266 g/mol. The molecule has 1 fully saturated rings. The van der Waals surface area contributed by atoms with Gasteiger partial charge in [0.2, 0.25) is 0 Å². The molecule has 1 aliphatic heterocycles. The van der Waals surface area contributed by atoms with Gasteiger partial charge in [-0.1, -0.05) is 6.07 Å². The number of hydrogen-bond donors (Lipinski definition) is 2. The number of benzene rings is 1. The molecule has 0 unspecified atom stereocenters. The van der Waals surface area contributed by atoms with Gasteiger partial charge >= 0.3 is 0 Å². The van der Waals surface area contributed by atoms with Crippen LogP contribution >= 0.6 is 11.9 Å². The number of nitrogen functional groups attached to an aromatic ring is 1. The van der Waals surface area contributed by atoms with E-state index in [0.29, 0.717) is 5.56 Å². The van der Waals surface area contributed by atoms with E-state index in [1.165, 1.54) is 0 Å². The second kappa shape index (κ2) is 6.19. The van der Waals surface area contributed by atoms with Crippen molar-refractivity contribution in [2.45, 2.75) is 4.90 Å². The first-order valence-corrected chi connectivity index (χ1v) is 6.69. The van der Waals surface area contributed by atoms with Gasteiger partial charge in [0.1, 0.15) is 0 Å². The Balaban J connectivity index is 1.99. The molecule has 0 spiro atoms. The molecule has 1 heterocycles. The zero-order valence-electron chi connectivity index (χ0n) is 10.4. The number of nitrogens with two attached hydrogens (primary N) is 1. The molecule has 0 atom stereocenters. The molecule has 0 aromatic heterocycles. The van der Waals surface area contributed by atoms with E-state index in [-0.39, 0.29) is 5.91 Å². The number of carbonyl (C=O) groups excluding carboxylic acids is 1. The molecule has 1 saturated heterocycles. The van der Waals surface area contributed by atoms with E-state index in [4.69, 9.17) is 5.84 Å². The van der Waals surface area contributed by atoms with Crippen LogP contribution in [0.1, 0.15) is 10.4 Å². The average Bonchev–Trinajstić information content (AvgIpc) is 2.41. The fraction of sp³-hybridized carbons (Fsp3) is 0.417. The van der Waals surface area contributed by atoms with Crippen LogP contribution in [0.4, 0.5) is 0 Å². The van der Waals surface area contributed by atoms with Gasteiger partial charge < -0.3 is 4.90 Å². The van der Waals surface area contributed by atoms with Crippen LogP contribution < -0.4 is 11.3 Å². The van der Waals surface area contributed by atoms with Gasteiger partial charge in [-0.3, -0.25) is 10.2 Å². The topological polar surface area (TPSA) is 61.6 Å². The Morgan fingerprint density at radius 1 is 1.33 bits per heavy atom. The van der Waals surface area contributed by atoms with E-state index in [2.05, 4.69) is 21.7 Å². The molecule has 6 heteroatoms. The van der Waals surface area contributed by atoms with Gasteiger partial charge in [-0.2, -0.15) is 0 Å². The zero-order valence-corrected chi connectivity index (χ0v) is 11.2. The van der Waals surface area contributed by atoms with E-state index >= 15 is 0 Å². The number of rotatable bonds is 3. The number of hydrazine groups is 1. The van der Waals surface area contributed by atoms with Crippen LogP contribution in [-0.4, -0.2) is 48.3 Å². The molecule has 18 heavy (non-hydrogen) atoms. The minimum atomic E-state index is -0.254. The van der Waals surface area contributed by atoms with Crippen LogP contribution in [0, 0.1) is 0 Å². The van der Waals surface area contributed by atoms with Crippen LogP contribution in [0.15, 0.2) is 29.2 Å². The Morgan fingerprint density at radius 3 is 2.72 bits per heavy atom. The second-order valence-electron chi connectivity index (χ2n) is 4.32. The molecule has 1 amide bonds. The standard InChI is InChI=1S/C12H18N4OS/c1-15-5-7-16(8-6-15)18-11-4-2-3-10(9-11)12(17)14-13/h2-4,9H,5-8,13H2,1H3,(H,14,17). The van der Waals surface area contributed by atoms with Crippen molar-refractivity contribution in [3.8, 4) is 0 Å². The molecule has 0 saturated carbocycles. The molecule has 1 aromatic carbocycles. The molecule has 1 aliphatic rings. The van der Waals surface area contributed by atoms with E-state index in [1.54, 1.807) is 18.0 Å². The van der Waals surface area contributed by atoms with Crippen LogP contribution in [0.3, 0.4) is 0 Å². The molecule has 0 aliphatic carbocycles. The van der Waals surface area contributed by atoms with Gasteiger partial charge in [0.05, 0.1) is 0 Å². The molecule has 98 valence electrons. The quantitative estimate of drug-likeness (QED) is 0.362. The van der Waals surface area contributed by atoms with Gasteiger partial charge in [-0.25, -0.2) is 10.1 Å². The summed E-state index contributed by atoms with van der Waals surface area (Å²) in [6.07, 6.45) is 0. The maximum Gasteiger partial charge on any atom is 0.265 e. The smallest absolute Gasteiger partial charge is 0.265 e. The lowest BCUT2D eigenvalue weighted by molar-refractivity contribution is 0.0953. The Kier molecular flexibility index (Phi) is 4.60. The third-order valence-electron chi connectivity index (χ3n) is 2.92. The van der Waals surface area contributed by atoms with Crippen molar-refractivity contribution in [1.82, 2.24) is 14.6 Å². The molecule has 3 N–H and O–H groups in total. The lowest BCUT2D eigenvalue weighted by atomic mass is 10.2. The minimum absolute atomic E-state index is 0.254. The maximum atomic E-state index is 11.4. The van der Waals surface area contributed by atoms with Crippen LogP contribution in [-0.2, 0) is 0 Å². The SMILES string of the molecule is CN1CCN(Sc2cccc(C(=O)NN)c2)CC1. The van der Waals surface area contributed by atoms with Gasteiger partial charge in [0.15, 0.2) is 0 Å². The summed E-state index contributed by atoms with van der Waals surface area (Å²) in [6.45, 7) is 4.23. The van der Waals surface area contributed by atoms with E-state index in [9.17, 15) is 4.79 Å². The summed E-state index contributed by atoms with van der Waals surface area (Å²) in [5.74, 6) is 4.88. The molecular weight excluding hydrogens is 248 g/mol. The van der Waals surface area contributed by atoms with Crippen LogP contribution in [0.2, 0.25) is 0 Å². The zero-order chi connectivity index (χ0) is 13.0. The first-order chi connectivity index (χ1) is 8.69. The van der Waals surface area contributed by atoms with Gasteiger partial charge in [-0.05, 0) is 37.2 Å². The van der Waals surface area contributed by atoms with Crippen molar-refractivity contribution in [2.75, 3.05) is 33.2 Å². The van der Waals surface area contributed by atoms with E-state index in [0.717, 1.165) is 31.1 Å². The van der Waals surface area contributed by atoms with Crippen molar-refractivity contribution in [3.63, 3.8) is 0 Å². The summed E-state index contributed by atoms with van der Waals surface area (Å²) in [6, 6.07) is 7.51. The molecular formula is C12H18N4OS. The average molecular weight is 266 g/mol. The van der Waals surface area contributed by atoms with Gasteiger partial charge in [0.25, 0.3) is 5.91 Å². The van der Waals surface area contributed by atoms with E-state index < -0.39 is 0 Å². The molecule has 0 radical (unpaired) electrons. The van der Waals surface area contributed by atoms with Crippen molar-refractivity contribution in [1.29, 1.82) is 0 Å². The maximum absolute atomic E-state index is 11.4. The summed E-state index contributed by atoms with van der Waals surface area (Å²) in [7, 11) is 2.13. The normalized spacial score (nSPS) is 17.7. The highest BCUT2D eigenvalue weighted by Gasteiger charge is 2.15.